The van der Waals surface area contributed by atoms with Crippen LogP contribution in [0.1, 0.15) is 33.6 Å². The second-order valence-electron chi connectivity index (χ2n) is 6.22. The molecule has 0 unspecified atom stereocenters. The molecule has 4 heteroatoms. The van der Waals surface area contributed by atoms with Crippen molar-refractivity contribution in [3.8, 4) is 0 Å². The molecule has 2 aromatic carbocycles. The van der Waals surface area contributed by atoms with E-state index in [0.29, 0.717) is 5.56 Å². The van der Waals surface area contributed by atoms with Crippen LogP contribution < -0.4 is 5.32 Å². The van der Waals surface area contributed by atoms with Gasteiger partial charge in [0.15, 0.2) is 0 Å². The lowest BCUT2D eigenvalue weighted by molar-refractivity contribution is 0.102. The minimum atomic E-state index is -0.418. The third kappa shape index (κ3) is 2.44. The molecular weight excluding hydrogens is 303 g/mol. The molecule has 1 aliphatic carbocycles. The molecule has 3 nitrogen and oxygen atoms in total. The van der Waals surface area contributed by atoms with E-state index in [4.69, 9.17) is 0 Å². The molecule has 1 heterocycles. The number of aromatic nitrogens is 1. The van der Waals surface area contributed by atoms with E-state index in [1.54, 1.807) is 12.1 Å². The summed E-state index contributed by atoms with van der Waals surface area (Å²) in [5.41, 5.74) is 4.46. The van der Waals surface area contributed by atoms with E-state index >= 15 is 0 Å². The molecule has 3 aromatic rings. The second kappa shape index (κ2) is 5.71. The zero-order valence-electron chi connectivity index (χ0n) is 13.4. The number of nitrogens with one attached hydrogen (secondary N) is 1. The Morgan fingerprint density at radius 3 is 2.83 bits per heavy atom. The molecule has 0 saturated carbocycles. The van der Waals surface area contributed by atoms with Crippen LogP contribution in [0.25, 0.3) is 10.9 Å². The Morgan fingerprint density at radius 1 is 1.17 bits per heavy atom. The summed E-state index contributed by atoms with van der Waals surface area (Å²) in [6, 6.07) is 12.4. The molecule has 0 radical (unpaired) electrons. The van der Waals surface area contributed by atoms with E-state index in [1.165, 1.54) is 6.07 Å². The summed E-state index contributed by atoms with van der Waals surface area (Å²) < 4.78 is 14.1. The fraction of sp³-hybridized carbons (Fsp3) is 0.200. The van der Waals surface area contributed by atoms with Crippen LogP contribution in [0, 0.1) is 12.7 Å². The van der Waals surface area contributed by atoms with Crippen molar-refractivity contribution in [3.63, 3.8) is 0 Å². The molecule has 0 spiro atoms. The van der Waals surface area contributed by atoms with E-state index in [2.05, 4.69) is 10.3 Å². The molecule has 0 aliphatic heterocycles. The monoisotopic (exact) mass is 320 g/mol. The number of carbonyl (C=O) groups excluding carboxylic acids is 1. The summed E-state index contributed by atoms with van der Waals surface area (Å²) >= 11 is 0. The standard InChI is InChI=1S/C20H17FN2O/c1-12-9-10-18(15(21)11-12)23-20(24)19-13-5-2-3-7-16(13)22-17-8-4-6-14(17)19/h2-3,5,7,9-11H,4,6,8H2,1H3,(H,23,24). The van der Waals surface area contributed by atoms with Crippen LogP contribution in [0.2, 0.25) is 0 Å². The van der Waals surface area contributed by atoms with E-state index < -0.39 is 5.82 Å². The Hall–Kier alpha value is -2.75. The third-order valence-electron chi connectivity index (χ3n) is 4.52. The number of halogens is 1. The number of rotatable bonds is 2. The van der Waals surface area contributed by atoms with Gasteiger partial charge in [-0.25, -0.2) is 4.39 Å². The van der Waals surface area contributed by atoms with Crippen molar-refractivity contribution in [3.05, 3.63) is 70.7 Å². The van der Waals surface area contributed by atoms with Crippen LogP contribution in [0.5, 0.6) is 0 Å². The maximum Gasteiger partial charge on any atom is 0.256 e. The summed E-state index contributed by atoms with van der Waals surface area (Å²) in [7, 11) is 0. The quantitative estimate of drug-likeness (QED) is 0.759. The van der Waals surface area contributed by atoms with Crippen LogP contribution >= 0.6 is 0 Å². The molecule has 4 rings (SSSR count). The average Bonchev–Trinajstić information content (AvgIpc) is 3.02. The first kappa shape index (κ1) is 14.8. The lowest BCUT2D eigenvalue weighted by Crippen LogP contribution is -2.16. The van der Waals surface area contributed by atoms with Crippen LogP contribution in [0.15, 0.2) is 42.5 Å². The van der Waals surface area contributed by atoms with Crippen molar-refractivity contribution < 1.29 is 9.18 Å². The molecule has 0 saturated heterocycles. The average molecular weight is 320 g/mol. The number of para-hydroxylation sites is 1. The van der Waals surface area contributed by atoms with Crippen molar-refractivity contribution >= 4 is 22.5 Å². The number of hydrogen-bond donors (Lipinski definition) is 1. The van der Waals surface area contributed by atoms with E-state index in [-0.39, 0.29) is 11.6 Å². The van der Waals surface area contributed by atoms with Crippen molar-refractivity contribution in [2.45, 2.75) is 26.2 Å². The van der Waals surface area contributed by atoms with E-state index in [9.17, 15) is 9.18 Å². The number of nitrogens with zero attached hydrogens (tertiary/aromatic N) is 1. The third-order valence-corrected chi connectivity index (χ3v) is 4.52. The summed E-state index contributed by atoms with van der Waals surface area (Å²) in [6.45, 7) is 1.82. The number of pyridine rings is 1. The zero-order valence-corrected chi connectivity index (χ0v) is 13.4. The molecule has 0 fully saturated rings. The smallest absolute Gasteiger partial charge is 0.256 e. The van der Waals surface area contributed by atoms with Crippen molar-refractivity contribution in [1.29, 1.82) is 0 Å². The lowest BCUT2D eigenvalue weighted by Gasteiger charge is -2.13. The van der Waals surface area contributed by atoms with Gasteiger partial charge in [0.25, 0.3) is 5.91 Å². The fourth-order valence-corrected chi connectivity index (χ4v) is 3.38. The summed E-state index contributed by atoms with van der Waals surface area (Å²) in [6.07, 6.45) is 2.73. The van der Waals surface area contributed by atoms with Gasteiger partial charge in [-0.05, 0) is 55.5 Å². The minimum absolute atomic E-state index is 0.207. The molecule has 0 atom stereocenters. The molecule has 1 aliphatic rings. The molecule has 1 amide bonds. The molecule has 24 heavy (non-hydrogen) atoms. The van der Waals surface area contributed by atoms with Crippen molar-refractivity contribution in [2.75, 3.05) is 5.32 Å². The number of anilines is 1. The summed E-state index contributed by atoms with van der Waals surface area (Å²) in [5.74, 6) is -0.687. The van der Waals surface area contributed by atoms with Gasteiger partial charge in [-0.15, -0.1) is 0 Å². The number of aryl methyl sites for hydroxylation is 2. The maximum absolute atomic E-state index is 14.1. The predicted molar refractivity (Wildman–Crippen MR) is 92.9 cm³/mol. The number of benzene rings is 2. The van der Waals surface area contributed by atoms with Gasteiger partial charge in [-0.2, -0.15) is 0 Å². The SMILES string of the molecule is Cc1ccc(NC(=O)c2c3c(nc4ccccc24)CCC3)c(F)c1. The van der Waals surface area contributed by atoms with Gasteiger partial charge in [0.2, 0.25) is 0 Å². The van der Waals surface area contributed by atoms with Crippen LogP contribution in [-0.4, -0.2) is 10.9 Å². The van der Waals surface area contributed by atoms with Gasteiger partial charge in [-0.1, -0.05) is 24.3 Å². The Balaban J connectivity index is 1.82. The maximum atomic E-state index is 14.1. The molecule has 120 valence electrons. The molecular formula is C20H17FN2O. The summed E-state index contributed by atoms with van der Waals surface area (Å²) in [4.78, 5) is 17.6. The van der Waals surface area contributed by atoms with Gasteiger partial charge < -0.3 is 5.32 Å². The van der Waals surface area contributed by atoms with Crippen LogP contribution in [0.3, 0.4) is 0 Å². The van der Waals surface area contributed by atoms with Crippen LogP contribution in [0.4, 0.5) is 10.1 Å². The van der Waals surface area contributed by atoms with Crippen LogP contribution in [-0.2, 0) is 12.8 Å². The van der Waals surface area contributed by atoms with Gasteiger partial charge >= 0.3 is 0 Å². The van der Waals surface area contributed by atoms with Gasteiger partial charge in [0, 0.05) is 11.1 Å². The Morgan fingerprint density at radius 2 is 2.00 bits per heavy atom. The zero-order chi connectivity index (χ0) is 16.7. The molecule has 0 bridgehead atoms. The highest BCUT2D eigenvalue weighted by Crippen LogP contribution is 2.30. The van der Waals surface area contributed by atoms with E-state index in [1.807, 2.05) is 31.2 Å². The fourth-order valence-electron chi connectivity index (χ4n) is 3.38. The lowest BCUT2D eigenvalue weighted by atomic mass is 10.0. The van der Waals surface area contributed by atoms with E-state index in [0.717, 1.165) is 47.0 Å². The van der Waals surface area contributed by atoms with Gasteiger partial charge in [0.1, 0.15) is 5.82 Å². The minimum Gasteiger partial charge on any atom is -0.319 e. The Kier molecular flexibility index (Phi) is 3.53. The Labute approximate surface area is 139 Å². The normalized spacial score (nSPS) is 13.1. The first-order valence-corrected chi connectivity index (χ1v) is 8.11. The first-order chi connectivity index (χ1) is 11.6. The molecule has 1 aromatic heterocycles. The van der Waals surface area contributed by atoms with Gasteiger partial charge in [0.05, 0.1) is 16.8 Å². The van der Waals surface area contributed by atoms with Crippen molar-refractivity contribution in [2.24, 2.45) is 0 Å². The summed E-state index contributed by atoms with van der Waals surface area (Å²) in [5, 5.41) is 3.56. The number of amides is 1. The largest absolute Gasteiger partial charge is 0.319 e. The second-order valence-corrected chi connectivity index (χ2v) is 6.22. The first-order valence-electron chi connectivity index (χ1n) is 8.11. The highest BCUT2D eigenvalue weighted by atomic mass is 19.1. The predicted octanol–water partition coefficient (Wildman–Crippen LogP) is 4.42. The number of fused-ring (bicyclic) bond motifs is 2. The Bertz CT molecular complexity index is 965. The number of carbonyl (C=O) groups is 1. The topological polar surface area (TPSA) is 42.0 Å². The van der Waals surface area contributed by atoms with Crippen molar-refractivity contribution in [1.82, 2.24) is 4.98 Å². The number of hydrogen-bond acceptors (Lipinski definition) is 2. The van der Waals surface area contributed by atoms with Gasteiger partial charge in [-0.3, -0.25) is 9.78 Å². The highest BCUT2D eigenvalue weighted by Gasteiger charge is 2.24. The molecule has 1 N–H and O–H groups in total. The highest BCUT2D eigenvalue weighted by molar-refractivity contribution is 6.13.